The van der Waals surface area contributed by atoms with Crippen molar-refractivity contribution in [2.75, 3.05) is 13.2 Å². The monoisotopic (exact) mass is 767 g/mol. The van der Waals surface area contributed by atoms with E-state index in [4.69, 9.17) is 19.3 Å². The molecule has 0 rings (SSSR count). The molecule has 0 aliphatic rings. The van der Waals surface area contributed by atoms with Crippen LogP contribution in [0.2, 0.25) is 0 Å². The second-order valence-electron chi connectivity index (χ2n) is 13.8. The Morgan fingerprint density at radius 2 is 1.13 bits per heavy atom. The molecule has 53 heavy (non-hydrogen) atoms. The summed E-state index contributed by atoms with van der Waals surface area (Å²) in [6, 6.07) is 0. The van der Waals surface area contributed by atoms with Crippen molar-refractivity contribution in [1.82, 2.24) is 0 Å². The smallest absolute Gasteiger partial charge is 0.462 e. The third-order valence-electron chi connectivity index (χ3n) is 8.60. The van der Waals surface area contributed by atoms with Gasteiger partial charge >= 0.3 is 19.8 Å². The van der Waals surface area contributed by atoms with Crippen LogP contribution in [0.15, 0.2) is 60.8 Å². The van der Waals surface area contributed by atoms with E-state index in [1.54, 1.807) is 6.08 Å². The van der Waals surface area contributed by atoms with E-state index in [0.29, 0.717) is 19.3 Å². The quantitative estimate of drug-likeness (QED) is 0.0185. The van der Waals surface area contributed by atoms with Crippen LogP contribution in [0.1, 0.15) is 174 Å². The van der Waals surface area contributed by atoms with Crippen molar-refractivity contribution in [3.63, 3.8) is 0 Å². The number of esters is 2. The highest BCUT2D eigenvalue weighted by Crippen LogP contribution is 2.36. The minimum Gasteiger partial charge on any atom is -0.462 e. The number of hydrogen-bond donors (Lipinski definition) is 3. The molecule has 0 radical (unpaired) electrons. The van der Waals surface area contributed by atoms with Crippen LogP contribution in [0.25, 0.3) is 0 Å². The number of rotatable bonds is 37. The number of carbonyl (C=O) groups excluding carboxylic acids is 2. The van der Waals surface area contributed by atoms with Gasteiger partial charge in [-0.25, -0.2) is 4.57 Å². The van der Waals surface area contributed by atoms with E-state index >= 15 is 0 Å². The van der Waals surface area contributed by atoms with Crippen LogP contribution in [-0.2, 0) is 28.2 Å². The van der Waals surface area contributed by atoms with Gasteiger partial charge in [0, 0.05) is 12.8 Å². The standard InChI is InChI=1S/C43H75O9P/c1-3-5-7-8-9-10-11-12-13-14-15-16-17-18-19-22-26-29-33-37-43(46)52-41(39-51-53(47,48)49)38-50-42(45)36-32-28-25-23-20-21-24-27-31-35-40(44)34-30-6-4-2/h6,9-10,12-13,24,27,30-31,35,40-41,44H,3-5,7-8,11,14-23,25-26,28-29,32-34,36-39H2,1-2H3,(H2,47,48,49)/b10-9-,13-12-,27-24+,30-6+,35-31+/t40?,41-/m1/s1. The molecule has 0 aliphatic heterocycles. The zero-order valence-corrected chi connectivity index (χ0v) is 34.2. The van der Waals surface area contributed by atoms with E-state index in [9.17, 15) is 19.3 Å². The summed E-state index contributed by atoms with van der Waals surface area (Å²) in [6.07, 6.45) is 44.1. The van der Waals surface area contributed by atoms with Gasteiger partial charge in [-0.3, -0.25) is 14.1 Å². The maximum atomic E-state index is 12.4. The van der Waals surface area contributed by atoms with Crippen LogP contribution < -0.4 is 0 Å². The molecular weight excluding hydrogens is 691 g/mol. The highest BCUT2D eigenvalue weighted by Gasteiger charge is 2.22. The summed E-state index contributed by atoms with van der Waals surface area (Å²) in [5.74, 6) is -0.946. The number of ether oxygens (including phenoxy) is 2. The highest BCUT2D eigenvalue weighted by atomic mass is 31.2. The van der Waals surface area contributed by atoms with Crippen LogP contribution in [-0.4, -0.2) is 52.3 Å². The van der Waals surface area contributed by atoms with Crippen molar-refractivity contribution in [1.29, 1.82) is 0 Å². The van der Waals surface area contributed by atoms with Crippen LogP contribution in [0.3, 0.4) is 0 Å². The Labute approximate surface area is 322 Å². The molecule has 0 aromatic carbocycles. The average molecular weight is 767 g/mol. The highest BCUT2D eigenvalue weighted by molar-refractivity contribution is 7.46. The van der Waals surface area contributed by atoms with Gasteiger partial charge in [-0.15, -0.1) is 0 Å². The fraction of sp³-hybridized carbons (Fsp3) is 0.721. The average Bonchev–Trinajstić information content (AvgIpc) is 3.12. The van der Waals surface area contributed by atoms with E-state index in [0.717, 1.165) is 70.6 Å². The Balaban J connectivity index is 3.99. The molecule has 10 heteroatoms. The molecule has 0 spiro atoms. The van der Waals surface area contributed by atoms with E-state index in [1.807, 2.05) is 24.3 Å². The predicted octanol–water partition coefficient (Wildman–Crippen LogP) is 11.5. The normalized spacial score (nSPS) is 13.7. The number of unbranched alkanes of at least 4 members (excludes halogenated alkanes) is 17. The number of hydrogen-bond acceptors (Lipinski definition) is 7. The fourth-order valence-electron chi connectivity index (χ4n) is 5.50. The number of phosphoric acid groups is 1. The van der Waals surface area contributed by atoms with Crippen molar-refractivity contribution < 1.29 is 43.0 Å². The molecule has 0 aromatic rings. The number of aliphatic hydroxyl groups excluding tert-OH is 1. The van der Waals surface area contributed by atoms with Gasteiger partial charge in [0.2, 0.25) is 0 Å². The summed E-state index contributed by atoms with van der Waals surface area (Å²) in [7, 11) is -4.77. The summed E-state index contributed by atoms with van der Waals surface area (Å²) in [4.78, 5) is 42.8. The van der Waals surface area contributed by atoms with Crippen LogP contribution in [0, 0.1) is 0 Å². The summed E-state index contributed by atoms with van der Waals surface area (Å²) >= 11 is 0. The number of carbonyl (C=O) groups is 2. The third kappa shape index (κ3) is 40.7. The van der Waals surface area contributed by atoms with Crippen LogP contribution in [0.5, 0.6) is 0 Å². The largest absolute Gasteiger partial charge is 0.469 e. The Morgan fingerprint density at radius 3 is 1.70 bits per heavy atom. The van der Waals surface area contributed by atoms with Crippen molar-refractivity contribution in [2.45, 2.75) is 187 Å². The van der Waals surface area contributed by atoms with E-state index in [1.165, 1.54) is 57.8 Å². The predicted molar refractivity (Wildman–Crippen MR) is 217 cm³/mol. The maximum absolute atomic E-state index is 12.4. The van der Waals surface area contributed by atoms with E-state index < -0.39 is 38.6 Å². The second-order valence-corrected chi connectivity index (χ2v) is 15.0. The summed E-state index contributed by atoms with van der Waals surface area (Å²) < 4.78 is 26.3. The number of phosphoric ester groups is 1. The minimum absolute atomic E-state index is 0.190. The lowest BCUT2D eigenvalue weighted by molar-refractivity contribution is -0.161. The molecule has 0 aliphatic carbocycles. The van der Waals surface area contributed by atoms with Crippen LogP contribution >= 0.6 is 7.82 Å². The molecule has 0 heterocycles. The number of aliphatic hydroxyl groups is 1. The molecule has 9 nitrogen and oxygen atoms in total. The summed E-state index contributed by atoms with van der Waals surface area (Å²) in [5, 5.41) is 9.84. The van der Waals surface area contributed by atoms with E-state index in [2.05, 4.69) is 48.8 Å². The van der Waals surface area contributed by atoms with E-state index in [-0.39, 0.29) is 19.4 Å². The second kappa shape index (κ2) is 38.0. The van der Waals surface area contributed by atoms with Gasteiger partial charge in [-0.2, -0.15) is 0 Å². The van der Waals surface area contributed by atoms with Gasteiger partial charge in [0.05, 0.1) is 12.7 Å². The lowest BCUT2D eigenvalue weighted by Gasteiger charge is -2.18. The van der Waals surface area contributed by atoms with Gasteiger partial charge in [-0.1, -0.05) is 152 Å². The zero-order valence-electron chi connectivity index (χ0n) is 33.3. The first-order valence-electron chi connectivity index (χ1n) is 20.7. The molecule has 0 aromatic heterocycles. The van der Waals surface area contributed by atoms with Gasteiger partial charge < -0.3 is 24.4 Å². The van der Waals surface area contributed by atoms with Crippen molar-refractivity contribution in [3.05, 3.63) is 60.8 Å². The molecule has 0 fully saturated rings. The first-order valence-corrected chi connectivity index (χ1v) is 22.2. The zero-order chi connectivity index (χ0) is 39.1. The van der Waals surface area contributed by atoms with Gasteiger partial charge in [0.15, 0.2) is 6.10 Å². The van der Waals surface area contributed by atoms with Gasteiger partial charge in [-0.05, 0) is 70.6 Å². The molecule has 1 unspecified atom stereocenters. The Bertz CT molecular complexity index is 1060. The van der Waals surface area contributed by atoms with Crippen molar-refractivity contribution >= 4 is 19.8 Å². The van der Waals surface area contributed by atoms with Gasteiger partial charge in [0.1, 0.15) is 6.61 Å². The maximum Gasteiger partial charge on any atom is 0.469 e. The molecule has 2 atom stereocenters. The molecule has 3 N–H and O–H groups in total. The molecule has 0 saturated heterocycles. The SMILES string of the molecule is CC/C=C/CC(O)/C=C/C=C/CCCCCCCC(=O)OC[C@H](COP(=O)(O)O)OC(=O)CCCCCCCCCCC/C=C\C/C=C\CCCCC. The Kier molecular flexibility index (Phi) is 36.4. The van der Waals surface area contributed by atoms with Crippen LogP contribution in [0.4, 0.5) is 0 Å². The lowest BCUT2D eigenvalue weighted by Crippen LogP contribution is -2.29. The summed E-state index contributed by atoms with van der Waals surface area (Å²) in [6.45, 7) is 3.42. The first-order chi connectivity index (χ1) is 25.7. The fourth-order valence-corrected chi connectivity index (χ4v) is 5.86. The number of allylic oxidation sites excluding steroid dienone is 8. The summed E-state index contributed by atoms with van der Waals surface area (Å²) in [5.41, 5.74) is 0. The molecule has 0 saturated carbocycles. The Hall–Kier alpha value is -2.29. The minimum atomic E-state index is -4.77. The molecule has 0 bridgehead atoms. The molecule has 0 amide bonds. The molecular formula is C43H75O9P. The van der Waals surface area contributed by atoms with Crippen molar-refractivity contribution in [3.8, 4) is 0 Å². The topological polar surface area (TPSA) is 140 Å². The van der Waals surface area contributed by atoms with Gasteiger partial charge in [0.25, 0.3) is 0 Å². The van der Waals surface area contributed by atoms with Crippen molar-refractivity contribution in [2.24, 2.45) is 0 Å². The Morgan fingerprint density at radius 1 is 0.604 bits per heavy atom. The first kappa shape index (κ1) is 50.7. The molecule has 306 valence electrons. The third-order valence-corrected chi connectivity index (χ3v) is 9.09. The lowest BCUT2D eigenvalue weighted by atomic mass is 10.1.